The van der Waals surface area contributed by atoms with E-state index in [1.807, 2.05) is 6.07 Å². The fraction of sp³-hybridized carbons (Fsp3) is 0.304. The van der Waals surface area contributed by atoms with Crippen LogP contribution in [0.25, 0.3) is 10.8 Å². The maximum atomic E-state index is 13.3. The van der Waals surface area contributed by atoms with E-state index in [9.17, 15) is 17.6 Å². The Balaban J connectivity index is 1.50. The molecule has 0 unspecified atom stereocenters. The molecule has 1 fully saturated rings. The highest BCUT2D eigenvalue weighted by molar-refractivity contribution is 5.86. The standard InChI is InChI=1S/C23H21F4NO2/c24-19-7-5-15(6-8-19)21-22(30-12-10-28-21)29-11-9-17-14-18(23(25,26)27)13-16-3-1-2-4-20(16)17/h1-8,13-14,21-22,28H,9-12H2/t21-,22+/m0/s1. The second-order valence-electron chi connectivity index (χ2n) is 7.20. The fourth-order valence-electron chi connectivity index (χ4n) is 3.72. The zero-order chi connectivity index (χ0) is 21.1. The van der Waals surface area contributed by atoms with Gasteiger partial charge in [-0.1, -0.05) is 36.4 Å². The van der Waals surface area contributed by atoms with Crippen LogP contribution in [-0.4, -0.2) is 26.0 Å². The third kappa shape index (κ3) is 4.64. The van der Waals surface area contributed by atoms with Gasteiger partial charge in [-0.2, -0.15) is 13.2 Å². The molecule has 3 aromatic carbocycles. The Kier molecular flexibility index (Phi) is 6.04. The lowest BCUT2D eigenvalue weighted by atomic mass is 9.98. The molecule has 1 heterocycles. The number of hydrogen-bond acceptors (Lipinski definition) is 3. The van der Waals surface area contributed by atoms with Crippen molar-refractivity contribution in [2.24, 2.45) is 0 Å². The highest BCUT2D eigenvalue weighted by Crippen LogP contribution is 2.33. The van der Waals surface area contributed by atoms with Gasteiger partial charge >= 0.3 is 6.18 Å². The molecule has 1 aliphatic heterocycles. The number of fused-ring (bicyclic) bond motifs is 1. The predicted molar refractivity (Wildman–Crippen MR) is 105 cm³/mol. The van der Waals surface area contributed by atoms with Crippen molar-refractivity contribution in [2.45, 2.75) is 24.9 Å². The lowest BCUT2D eigenvalue weighted by molar-refractivity contribution is -0.176. The van der Waals surface area contributed by atoms with Gasteiger partial charge < -0.3 is 14.8 Å². The van der Waals surface area contributed by atoms with Crippen molar-refractivity contribution in [3.8, 4) is 0 Å². The van der Waals surface area contributed by atoms with Crippen LogP contribution in [0, 0.1) is 5.82 Å². The monoisotopic (exact) mass is 419 g/mol. The minimum absolute atomic E-state index is 0.190. The maximum Gasteiger partial charge on any atom is 0.416 e. The Labute approximate surface area is 171 Å². The second kappa shape index (κ2) is 8.71. The van der Waals surface area contributed by atoms with Gasteiger partial charge in [0.1, 0.15) is 5.82 Å². The molecule has 1 aliphatic rings. The summed E-state index contributed by atoms with van der Waals surface area (Å²) >= 11 is 0. The van der Waals surface area contributed by atoms with E-state index in [0.29, 0.717) is 30.5 Å². The van der Waals surface area contributed by atoms with E-state index >= 15 is 0 Å². The van der Waals surface area contributed by atoms with Crippen molar-refractivity contribution in [3.05, 3.63) is 83.2 Å². The number of nitrogens with one attached hydrogen (secondary N) is 1. The van der Waals surface area contributed by atoms with E-state index in [1.54, 1.807) is 30.3 Å². The molecule has 1 N–H and O–H groups in total. The maximum absolute atomic E-state index is 13.3. The van der Waals surface area contributed by atoms with E-state index in [1.165, 1.54) is 24.3 Å². The van der Waals surface area contributed by atoms with Gasteiger partial charge in [-0.3, -0.25) is 0 Å². The van der Waals surface area contributed by atoms with Crippen LogP contribution in [0.1, 0.15) is 22.7 Å². The van der Waals surface area contributed by atoms with E-state index in [2.05, 4.69) is 5.32 Å². The van der Waals surface area contributed by atoms with Crippen LogP contribution in [0.2, 0.25) is 0 Å². The van der Waals surface area contributed by atoms with E-state index < -0.39 is 18.0 Å². The molecular formula is C23H21F4NO2. The molecule has 30 heavy (non-hydrogen) atoms. The van der Waals surface area contributed by atoms with Crippen LogP contribution < -0.4 is 5.32 Å². The Hall–Kier alpha value is -2.48. The van der Waals surface area contributed by atoms with Crippen LogP contribution in [0.15, 0.2) is 60.7 Å². The molecule has 0 spiro atoms. The topological polar surface area (TPSA) is 30.5 Å². The minimum Gasteiger partial charge on any atom is -0.350 e. The zero-order valence-corrected chi connectivity index (χ0v) is 16.1. The van der Waals surface area contributed by atoms with Crippen LogP contribution >= 0.6 is 0 Å². The van der Waals surface area contributed by atoms with E-state index in [-0.39, 0.29) is 18.5 Å². The number of alkyl halides is 3. The Bertz CT molecular complexity index is 1000. The molecule has 0 radical (unpaired) electrons. The Morgan fingerprint density at radius 1 is 1.03 bits per heavy atom. The molecule has 158 valence electrons. The molecule has 0 aromatic heterocycles. The first-order chi connectivity index (χ1) is 14.4. The minimum atomic E-state index is -4.41. The molecule has 1 saturated heterocycles. The molecule has 2 atom stereocenters. The van der Waals surface area contributed by atoms with Gasteiger partial charge in [-0.15, -0.1) is 0 Å². The summed E-state index contributed by atoms with van der Waals surface area (Å²) in [6.45, 7) is 1.27. The largest absolute Gasteiger partial charge is 0.416 e. The summed E-state index contributed by atoms with van der Waals surface area (Å²) in [5, 5.41) is 4.60. The smallest absolute Gasteiger partial charge is 0.350 e. The van der Waals surface area contributed by atoms with Crippen molar-refractivity contribution in [1.82, 2.24) is 5.32 Å². The van der Waals surface area contributed by atoms with Gasteiger partial charge in [-0.25, -0.2) is 4.39 Å². The van der Waals surface area contributed by atoms with Crippen LogP contribution in [0.4, 0.5) is 17.6 Å². The lowest BCUT2D eigenvalue weighted by Gasteiger charge is -2.33. The molecule has 0 aliphatic carbocycles. The molecule has 0 amide bonds. The third-order valence-corrected chi connectivity index (χ3v) is 5.18. The molecule has 7 heteroatoms. The summed E-state index contributed by atoms with van der Waals surface area (Å²) in [5.74, 6) is -0.329. The van der Waals surface area contributed by atoms with Crippen molar-refractivity contribution in [1.29, 1.82) is 0 Å². The van der Waals surface area contributed by atoms with Crippen molar-refractivity contribution in [2.75, 3.05) is 19.8 Å². The Morgan fingerprint density at radius 3 is 2.57 bits per heavy atom. The average molecular weight is 419 g/mol. The normalized spacial score (nSPS) is 19.9. The predicted octanol–water partition coefficient (Wildman–Crippen LogP) is 5.24. The number of ether oxygens (including phenoxy) is 2. The summed E-state index contributed by atoms with van der Waals surface area (Å²) < 4.78 is 64.7. The summed E-state index contributed by atoms with van der Waals surface area (Å²) in [6, 6.07) is 15.2. The SMILES string of the molecule is Fc1ccc([C@@H]2NCCO[C@H]2OCCc2cc(C(F)(F)F)cc3ccccc23)cc1. The molecule has 3 nitrogen and oxygen atoms in total. The van der Waals surface area contributed by atoms with Gasteiger partial charge in [-0.05, 0) is 52.6 Å². The average Bonchev–Trinajstić information content (AvgIpc) is 2.74. The summed E-state index contributed by atoms with van der Waals surface area (Å²) in [5.41, 5.74) is 0.726. The fourth-order valence-corrected chi connectivity index (χ4v) is 3.72. The molecule has 3 aromatic rings. The van der Waals surface area contributed by atoms with Gasteiger partial charge in [0.25, 0.3) is 0 Å². The number of rotatable bonds is 5. The number of morpholine rings is 1. The lowest BCUT2D eigenvalue weighted by Crippen LogP contribution is -2.43. The summed E-state index contributed by atoms with van der Waals surface area (Å²) in [7, 11) is 0. The van der Waals surface area contributed by atoms with Gasteiger partial charge in [0, 0.05) is 6.54 Å². The number of halogens is 4. The summed E-state index contributed by atoms with van der Waals surface area (Å²) in [4.78, 5) is 0. The first-order valence-corrected chi connectivity index (χ1v) is 9.73. The Morgan fingerprint density at radius 2 is 1.80 bits per heavy atom. The van der Waals surface area contributed by atoms with Gasteiger partial charge in [0.05, 0.1) is 24.8 Å². The molecular weight excluding hydrogens is 398 g/mol. The second-order valence-corrected chi connectivity index (χ2v) is 7.20. The third-order valence-electron chi connectivity index (χ3n) is 5.18. The van der Waals surface area contributed by atoms with E-state index in [0.717, 1.165) is 10.9 Å². The van der Waals surface area contributed by atoms with E-state index in [4.69, 9.17) is 9.47 Å². The van der Waals surface area contributed by atoms with Crippen LogP contribution in [0.5, 0.6) is 0 Å². The highest BCUT2D eigenvalue weighted by atomic mass is 19.4. The van der Waals surface area contributed by atoms with Gasteiger partial charge in [0.15, 0.2) is 6.29 Å². The quantitative estimate of drug-likeness (QED) is 0.574. The highest BCUT2D eigenvalue weighted by Gasteiger charge is 2.31. The van der Waals surface area contributed by atoms with Crippen LogP contribution in [-0.2, 0) is 22.1 Å². The number of benzene rings is 3. The van der Waals surface area contributed by atoms with Crippen molar-refractivity contribution >= 4 is 10.8 Å². The zero-order valence-electron chi connectivity index (χ0n) is 16.1. The summed E-state index contributed by atoms with van der Waals surface area (Å²) in [6.07, 6.45) is -4.72. The molecule has 4 rings (SSSR count). The first-order valence-electron chi connectivity index (χ1n) is 9.73. The van der Waals surface area contributed by atoms with Crippen LogP contribution in [0.3, 0.4) is 0 Å². The molecule has 0 saturated carbocycles. The number of hydrogen-bond donors (Lipinski definition) is 1. The van der Waals surface area contributed by atoms with Gasteiger partial charge in [0.2, 0.25) is 0 Å². The van der Waals surface area contributed by atoms with Crippen molar-refractivity contribution in [3.63, 3.8) is 0 Å². The van der Waals surface area contributed by atoms with Crippen molar-refractivity contribution < 1.29 is 27.0 Å². The molecule has 0 bridgehead atoms. The first kappa shape index (κ1) is 20.8.